The van der Waals surface area contributed by atoms with E-state index in [1.807, 2.05) is 0 Å². The van der Waals surface area contributed by atoms with Gasteiger partial charge in [0.15, 0.2) is 0 Å². The summed E-state index contributed by atoms with van der Waals surface area (Å²) in [6, 6.07) is 0. The van der Waals surface area contributed by atoms with Crippen molar-refractivity contribution >= 4 is 0 Å². The summed E-state index contributed by atoms with van der Waals surface area (Å²) in [6.45, 7) is 3.44. The Labute approximate surface area is 73.7 Å². The van der Waals surface area contributed by atoms with Crippen molar-refractivity contribution in [1.82, 2.24) is 0 Å². The predicted octanol–water partition coefficient (Wildman–Crippen LogP) is 1.04. The lowest BCUT2D eigenvalue weighted by Crippen LogP contribution is -1.53. The molecule has 0 aromatic carbocycles. The van der Waals surface area contributed by atoms with Crippen molar-refractivity contribution in [2.24, 2.45) is 0 Å². The molecule has 0 heterocycles. The van der Waals surface area contributed by atoms with Crippen molar-refractivity contribution in [2.75, 3.05) is 0 Å². The molecule has 0 saturated carbocycles. The first-order valence-corrected chi connectivity index (χ1v) is 3.25. The molecule has 0 aliphatic heterocycles. The molecular weight excluding hydrogens is 144 g/mol. The van der Waals surface area contributed by atoms with Crippen molar-refractivity contribution in [3.8, 4) is 59.2 Å². The van der Waals surface area contributed by atoms with Gasteiger partial charge in [0.1, 0.15) is 0 Å². The molecule has 0 nitrogen and oxygen atoms in total. The Morgan fingerprint density at radius 3 is 0.917 bits per heavy atom. The molecule has 12 heavy (non-hydrogen) atoms. The highest BCUT2D eigenvalue weighted by Gasteiger charge is 1.54. The average Bonchev–Trinajstić information content (AvgIpc) is 2.10. The highest BCUT2D eigenvalue weighted by atomic mass is 13.6. The molecule has 0 saturated heterocycles. The monoisotopic (exact) mass is 150 g/mol. The fraction of sp³-hybridized carbons (Fsp3) is 0.167. The molecule has 0 spiro atoms. The summed E-state index contributed by atoms with van der Waals surface area (Å²) in [7, 11) is 0. The Kier molecular flexibility index (Phi) is 7.19. The average molecular weight is 150 g/mol. The molecule has 0 aromatic rings. The molecule has 0 amide bonds. The summed E-state index contributed by atoms with van der Waals surface area (Å²) < 4.78 is 0. The quantitative estimate of drug-likeness (QED) is 0.453. The number of hydrogen-bond acceptors (Lipinski definition) is 0. The Bertz CT molecular complexity index is 381. The summed E-state index contributed by atoms with van der Waals surface area (Å²) in [4.78, 5) is 0. The summed E-state index contributed by atoms with van der Waals surface area (Å²) in [5, 5.41) is 0. The smallest absolute Gasteiger partial charge is 0.000000533 e. The van der Waals surface area contributed by atoms with E-state index in [1.165, 1.54) is 0 Å². The molecule has 0 aliphatic carbocycles. The van der Waals surface area contributed by atoms with Crippen LogP contribution in [0.4, 0.5) is 0 Å². The van der Waals surface area contributed by atoms with Gasteiger partial charge in [-0.1, -0.05) is 11.8 Å². The van der Waals surface area contributed by atoms with Gasteiger partial charge in [-0.15, -0.1) is 0 Å². The standard InChI is InChI=1S/C12H6/c1-3-5-7-9-11-12-10-8-6-4-2/h1-2H3. The summed E-state index contributed by atoms with van der Waals surface area (Å²) in [5.41, 5.74) is 0. The molecule has 0 aromatic heterocycles. The zero-order valence-electron chi connectivity index (χ0n) is 7.00. The van der Waals surface area contributed by atoms with E-state index in [0.29, 0.717) is 0 Å². The van der Waals surface area contributed by atoms with Crippen molar-refractivity contribution in [3.05, 3.63) is 0 Å². The van der Waals surface area contributed by atoms with Crippen LogP contribution in [-0.4, -0.2) is 0 Å². The van der Waals surface area contributed by atoms with Crippen LogP contribution in [0.3, 0.4) is 0 Å². The minimum absolute atomic E-state index is 1.72. The zero-order chi connectivity index (χ0) is 9.07. The van der Waals surface area contributed by atoms with E-state index in [-0.39, 0.29) is 0 Å². The molecule has 0 atom stereocenters. The van der Waals surface area contributed by atoms with E-state index in [9.17, 15) is 0 Å². The maximum absolute atomic E-state index is 2.63. The Morgan fingerprint density at radius 2 is 0.667 bits per heavy atom. The molecule has 0 N–H and O–H groups in total. The first-order chi connectivity index (χ1) is 5.91. The van der Waals surface area contributed by atoms with Crippen LogP contribution in [0.15, 0.2) is 0 Å². The van der Waals surface area contributed by atoms with Crippen LogP contribution in [0.2, 0.25) is 0 Å². The molecular formula is C12H6. The minimum atomic E-state index is 1.72. The van der Waals surface area contributed by atoms with E-state index in [2.05, 4.69) is 59.2 Å². The number of rotatable bonds is 0. The van der Waals surface area contributed by atoms with Gasteiger partial charge in [-0.3, -0.25) is 0 Å². The third-order valence-electron chi connectivity index (χ3n) is 0.688. The van der Waals surface area contributed by atoms with Crippen molar-refractivity contribution in [1.29, 1.82) is 0 Å². The second-order valence-corrected chi connectivity index (χ2v) is 1.50. The topological polar surface area (TPSA) is 0 Å². The molecule has 0 aliphatic rings. The first-order valence-electron chi connectivity index (χ1n) is 3.25. The second-order valence-electron chi connectivity index (χ2n) is 1.50. The maximum atomic E-state index is 2.63. The molecule has 0 heteroatoms. The van der Waals surface area contributed by atoms with E-state index < -0.39 is 0 Å². The van der Waals surface area contributed by atoms with Crippen LogP contribution < -0.4 is 0 Å². The molecule has 0 bridgehead atoms. The van der Waals surface area contributed by atoms with E-state index in [1.54, 1.807) is 13.8 Å². The van der Waals surface area contributed by atoms with E-state index >= 15 is 0 Å². The van der Waals surface area contributed by atoms with Gasteiger partial charge in [0, 0.05) is 0 Å². The van der Waals surface area contributed by atoms with Gasteiger partial charge in [0.2, 0.25) is 0 Å². The van der Waals surface area contributed by atoms with Crippen molar-refractivity contribution in [2.45, 2.75) is 13.8 Å². The van der Waals surface area contributed by atoms with Gasteiger partial charge >= 0.3 is 0 Å². The lowest BCUT2D eigenvalue weighted by molar-refractivity contribution is 1.92. The molecule has 0 unspecified atom stereocenters. The van der Waals surface area contributed by atoms with Crippen LogP contribution >= 0.6 is 0 Å². The predicted molar refractivity (Wildman–Crippen MR) is 50.2 cm³/mol. The van der Waals surface area contributed by atoms with Crippen LogP contribution in [0, 0.1) is 59.2 Å². The SMILES string of the molecule is CC#CC#CC#CC#CC#CC. The molecule has 54 valence electrons. The van der Waals surface area contributed by atoms with Crippen LogP contribution in [0.25, 0.3) is 0 Å². The summed E-state index contributed by atoms with van der Waals surface area (Å²) in [5.74, 6) is 25.6. The van der Waals surface area contributed by atoms with Gasteiger partial charge in [-0.2, -0.15) is 0 Å². The fourth-order valence-electron chi connectivity index (χ4n) is 0.312. The number of hydrogen-bond donors (Lipinski definition) is 0. The molecule has 0 rings (SSSR count). The van der Waals surface area contributed by atoms with Crippen LogP contribution in [0.5, 0.6) is 0 Å². The lowest BCUT2D eigenvalue weighted by Gasteiger charge is -1.54. The van der Waals surface area contributed by atoms with Gasteiger partial charge in [-0.25, -0.2) is 0 Å². The minimum Gasteiger partial charge on any atom is -0.0925 e. The lowest BCUT2D eigenvalue weighted by atomic mass is 10.5. The Morgan fingerprint density at radius 1 is 0.417 bits per heavy atom. The van der Waals surface area contributed by atoms with Crippen LogP contribution in [0.1, 0.15) is 13.8 Å². The Hall–Kier alpha value is -2.20. The van der Waals surface area contributed by atoms with E-state index in [4.69, 9.17) is 0 Å². The third kappa shape index (κ3) is 7.80. The highest BCUT2D eigenvalue weighted by molar-refractivity contribution is 5.42. The Balaban J connectivity index is 4.07. The maximum Gasteiger partial charge on any atom is -0.000000533 e. The highest BCUT2D eigenvalue weighted by Crippen LogP contribution is 1.55. The molecule has 0 fully saturated rings. The molecule has 0 radical (unpaired) electrons. The largest absolute Gasteiger partial charge is 0.0925 e. The van der Waals surface area contributed by atoms with E-state index in [0.717, 1.165) is 0 Å². The van der Waals surface area contributed by atoms with Gasteiger partial charge in [0.05, 0.1) is 0 Å². The normalized spacial score (nSPS) is 3.83. The van der Waals surface area contributed by atoms with Gasteiger partial charge < -0.3 is 0 Å². The fourth-order valence-corrected chi connectivity index (χ4v) is 0.312. The second kappa shape index (κ2) is 8.80. The third-order valence-corrected chi connectivity index (χ3v) is 0.688. The van der Waals surface area contributed by atoms with Crippen LogP contribution in [-0.2, 0) is 0 Å². The van der Waals surface area contributed by atoms with Crippen molar-refractivity contribution < 1.29 is 0 Å². The van der Waals surface area contributed by atoms with Gasteiger partial charge in [-0.05, 0) is 61.2 Å². The van der Waals surface area contributed by atoms with Gasteiger partial charge in [0.25, 0.3) is 0 Å². The summed E-state index contributed by atoms with van der Waals surface area (Å²) >= 11 is 0. The first kappa shape index (κ1) is 9.80. The summed E-state index contributed by atoms with van der Waals surface area (Å²) in [6.07, 6.45) is 0. The zero-order valence-corrected chi connectivity index (χ0v) is 7.00. The van der Waals surface area contributed by atoms with Crippen molar-refractivity contribution in [3.63, 3.8) is 0 Å².